The molecule has 0 spiro atoms. The van der Waals surface area contributed by atoms with Crippen molar-refractivity contribution in [1.29, 1.82) is 0 Å². The second-order valence-electron chi connectivity index (χ2n) is 10.6. The SMILES string of the molecule is CC(C)(C)CC(C)(C)NC(=O)C[NH+]1CC[NH+](Cc2ccc3c(c2)CCO3)CC1. The first-order chi connectivity index (χ1) is 13.1. The largest absolute Gasteiger partial charge is 0.493 e. The van der Waals surface area contributed by atoms with Gasteiger partial charge in [-0.2, -0.15) is 0 Å². The van der Waals surface area contributed by atoms with Crippen molar-refractivity contribution in [2.45, 2.75) is 59.5 Å². The maximum Gasteiger partial charge on any atom is 0.275 e. The van der Waals surface area contributed by atoms with Crippen LogP contribution in [0, 0.1) is 5.41 Å². The molecule has 0 atom stereocenters. The number of amides is 1. The summed E-state index contributed by atoms with van der Waals surface area (Å²) in [6, 6.07) is 6.66. The van der Waals surface area contributed by atoms with E-state index in [1.54, 1.807) is 4.90 Å². The summed E-state index contributed by atoms with van der Waals surface area (Å²) in [6.45, 7) is 17.8. The summed E-state index contributed by atoms with van der Waals surface area (Å²) in [5.41, 5.74) is 2.82. The van der Waals surface area contributed by atoms with Crippen molar-refractivity contribution >= 4 is 5.91 Å². The molecule has 1 fully saturated rings. The second-order valence-corrected chi connectivity index (χ2v) is 10.6. The predicted molar refractivity (Wildman–Crippen MR) is 112 cm³/mol. The Morgan fingerprint density at radius 1 is 1.07 bits per heavy atom. The Morgan fingerprint density at radius 3 is 2.43 bits per heavy atom. The number of fused-ring (bicyclic) bond motifs is 1. The highest BCUT2D eigenvalue weighted by atomic mass is 16.5. The van der Waals surface area contributed by atoms with E-state index in [1.165, 1.54) is 16.0 Å². The average Bonchev–Trinajstić information content (AvgIpc) is 3.01. The van der Waals surface area contributed by atoms with Crippen LogP contribution in [0.15, 0.2) is 18.2 Å². The van der Waals surface area contributed by atoms with Crippen molar-refractivity contribution < 1.29 is 19.3 Å². The average molecular weight is 390 g/mol. The zero-order valence-electron chi connectivity index (χ0n) is 18.4. The first-order valence-corrected chi connectivity index (χ1v) is 10.8. The molecule has 0 radical (unpaired) electrons. The normalized spacial score (nSPS) is 22.5. The van der Waals surface area contributed by atoms with Gasteiger partial charge in [0.1, 0.15) is 38.5 Å². The molecular formula is C23H39N3O2+2. The fourth-order valence-electron chi connectivity index (χ4n) is 4.97. The van der Waals surface area contributed by atoms with Gasteiger partial charge in [-0.3, -0.25) is 4.79 Å². The standard InChI is InChI=1S/C23H37N3O2/c1-22(2,3)17-23(4,5)24-21(27)16-26-11-9-25(10-12-26)15-18-6-7-20-19(14-18)8-13-28-20/h6-7,14H,8-13,15-17H2,1-5H3,(H,24,27)/p+2. The predicted octanol–water partition coefficient (Wildman–Crippen LogP) is 0.236. The van der Waals surface area contributed by atoms with Crippen molar-refractivity contribution in [3.63, 3.8) is 0 Å². The number of piperazine rings is 1. The summed E-state index contributed by atoms with van der Waals surface area (Å²) in [7, 11) is 0. The number of hydrogen-bond acceptors (Lipinski definition) is 2. The maximum absolute atomic E-state index is 12.5. The highest BCUT2D eigenvalue weighted by molar-refractivity contribution is 5.77. The molecule has 0 bridgehead atoms. The van der Waals surface area contributed by atoms with Crippen LogP contribution in [-0.4, -0.2) is 50.8 Å². The Morgan fingerprint density at radius 2 is 1.75 bits per heavy atom. The van der Waals surface area contributed by atoms with Crippen LogP contribution >= 0.6 is 0 Å². The number of hydrogen-bond donors (Lipinski definition) is 3. The number of carbonyl (C=O) groups excluding carboxylic acids is 1. The van der Waals surface area contributed by atoms with Crippen LogP contribution in [0.4, 0.5) is 0 Å². The van der Waals surface area contributed by atoms with Gasteiger partial charge in [0.15, 0.2) is 6.54 Å². The van der Waals surface area contributed by atoms with E-state index in [0.717, 1.165) is 57.9 Å². The van der Waals surface area contributed by atoms with Crippen LogP contribution < -0.4 is 19.9 Å². The third kappa shape index (κ3) is 6.21. The van der Waals surface area contributed by atoms with Crippen LogP contribution in [0.25, 0.3) is 0 Å². The van der Waals surface area contributed by atoms with Crippen molar-refractivity contribution in [2.75, 3.05) is 39.3 Å². The van der Waals surface area contributed by atoms with Gasteiger partial charge in [-0.1, -0.05) is 20.8 Å². The number of ether oxygens (including phenoxy) is 1. The van der Waals surface area contributed by atoms with E-state index < -0.39 is 0 Å². The Balaban J connectivity index is 1.42. The smallest absolute Gasteiger partial charge is 0.275 e. The molecule has 0 aromatic heterocycles. The molecule has 1 aromatic rings. The highest BCUT2D eigenvalue weighted by Crippen LogP contribution is 2.27. The van der Waals surface area contributed by atoms with Gasteiger partial charge >= 0.3 is 0 Å². The molecule has 2 aliphatic heterocycles. The van der Waals surface area contributed by atoms with Gasteiger partial charge in [0, 0.05) is 17.5 Å². The zero-order chi connectivity index (χ0) is 20.4. The number of rotatable bonds is 6. The summed E-state index contributed by atoms with van der Waals surface area (Å²) < 4.78 is 5.61. The van der Waals surface area contributed by atoms with E-state index in [0.29, 0.717) is 6.54 Å². The van der Waals surface area contributed by atoms with Crippen molar-refractivity contribution in [2.24, 2.45) is 5.41 Å². The van der Waals surface area contributed by atoms with Gasteiger partial charge in [-0.25, -0.2) is 0 Å². The molecule has 0 unspecified atom stereocenters. The van der Waals surface area contributed by atoms with Crippen molar-refractivity contribution in [3.05, 3.63) is 29.3 Å². The first-order valence-electron chi connectivity index (χ1n) is 10.8. The molecular weight excluding hydrogens is 350 g/mol. The third-order valence-corrected chi connectivity index (χ3v) is 5.73. The molecule has 28 heavy (non-hydrogen) atoms. The quantitative estimate of drug-likeness (QED) is 0.653. The van der Waals surface area contributed by atoms with E-state index in [9.17, 15) is 4.79 Å². The van der Waals surface area contributed by atoms with Gasteiger partial charge in [0.05, 0.1) is 6.61 Å². The third-order valence-electron chi connectivity index (χ3n) is 5.73. The van der Waals surface area contributed by atoms with E-state index in [4.69, 9.17) is 4.74 Å². The Labute approximate surface area is 170 Å². The lowest BCUT2D eigenvalue weighted by molar-refractivity contribution is -1.02. The van der Waals surface area contributed by atoms with E-state index in [2.05, 4.69) is 58.1 Å². The minimum Gasteiger partial charge on any atom is -0.493 e. The molecule has 2 heterocycles. The van der Waals surface area contributed by atoms with Crippen LogP contribution in [0.5, 0.6) is 5.75 Å². The molecule has 2 aliphatic rings. The summed E-state index contributed by atoms with van der Waals surface area (Å²) >= 11 is 0. The molecule has 0 aliphatic carbocycles. The summed E-state index contributed by atoms with van der Waals surface area (Å²) in [6.07, 6.45) is 2.02. The van der Waals surface area contributed by atoms with Crippen LogP contribution in [0.3, 0.4) is 0 Å². The fraction of sp³-hybridized carbons (Fsp3) is 0.696. The molecule has 156 valence electrons. The molecule has 1 aromatic carbocycles. The lowest BCUT2D eigenvalue weighted by Gasteiger charge is -2.34. The van der Waals surface area contributed by atoms with Gasteiger partial charge < -0.3 is 19.9 Å². The number of nitrogens with one attached hydrogen (secondary N) is 3. The topological polar surface area (TPSA) is 47.2 Å². The molecule has 1 amide bonds. The monoisotopic (exact) mass is 389 g/mol. The van der Waals surface area contributed by atoms with E-state index in [-0.39, 0.29) is 16.9 Å². The fourth-order valence-corrected chi connectivity index (χ4v) is 4.97. The molecule has 0 saturated carbocycles. The Kier molecular flexibility index (Phi) is 6.35. The lowest BCUT2D eigenvalue weighted by atomic mass is 9.82. The molecule has 1 saturated heterocycles. The minimum atomic E-state index is -0.154. The van der Waals surface area contributed by atoms with Crippen LogP contribution in [-0.2, 0) is 17.8 Å². The van der Waals surface area contributed by atoms with Gasteiger partial charge in [-0.05, 0) is 49.4 Å². The van der Waals surface area contributed by atoms with Crippen LogP contribution in [0.1, 0.15) is 52.2 Å². The maximum atomic E-state index is 12.5. The summed E-state index contributed by atoms with van der Waals surface area (Å²) in [5, 5.41) is 3.26. The van der Waals surface area contributed by atoms with Gasteiger partial charge in [-0.15, -0.1) is 0 Å². The van der Waals surface area contributed by atoms with Crippen molar-refractivity contribution in [3.8, 4) is 5.75 Å². The number of carbonyl (C=O) groups is 1. The second kappa shape index (κ2) is 8.42. The lowest BCUT2D eigenvalue weighted by Crippen LogP contribution is -3.28. The van der Waals surface area contributed by atoms with Gasteiger partial charge in [0.2, 0.25) is 0 Å². The van der Waals surface area contributed by atoms with E-state index in [1.807, 2.05) is 0 Å². The summed E-state index contributed by atoms with van der Waals surface area (Å²) in [4.78, 5) is 15.6. The minimum absolute atomic E-state index is 0.154. The van der Waals surface area contributed by atoms with Gasteiger partial charge in [0.25, 0.3) is 5.91 Å². The highest BCUT2D eigenvalue weighted by Gasteiger charge is 2.30. The molecule has 3 rings (SSSR count). The van der Waals surface area contributed by atoms with E-state index >= 15 is 0 Å². The molecule has 3 N–H and O–H groups in total. The molecule has 5 heteroatoms. The zero-order valence-corrected chi connectivity index (χ0v) is 18.4. The molecule has 5 nitrogen and oxygen atoms in total. The number of quaternary nitrogens is 2. The summed E-state index contributed by atoms with van der Waals surface area (Å²) in [5.74, 6) is 1.25. The van der Waals surface area contributed by atoms with Crippen molar-refractivity contribution in [1.82, 2.24) is 5.32 Å². The Bertz CT molecular complexity index is 686. The Hall–Kier alpha value is -1.59. The number of benzene rings is 1. The van der Waals surface area contributed by atoms with Crippen LogP contribution in [0.2, 0.25) is 0 Å². The first kappa shape index (κ1) is 21.1.